The van der Waals surface area contributed by atoms with Crippen LogP contribution in [0.3, 0.4) is 0 Å². The predicted molar refractivity (Wildman–Crippen MR) is 186 cm³/mol. The van der Waals surface area contributed by atoms with Crippen molar-refractivity contribution in [3.8, 4) is 17.4 Å². The van der Waals surface area contributed by atoms with Gasteiger partial charge in [0.2, 0.25) is 6.20 Å². The van der Waals surface area contributed by atoms with Gasteiger partial charge in [-0.25, -0.2) is 4.84 Å². The lowest BCUT2D eigenvalue weighted by atomic mass is 9.70. The lowest BCUT2D eigenvalue weighted by Crippen LogP contribution is -2.43. The number of allylic oxidation sites excluding steroid dienone is 1. The molecule has 0 radical (unpaired) electrons. The fourth-order valence-electron chi connectivity index (χ4n) is 7.75. The van der Waals surface area contributed by atoms with E-state index in [2.05, 4.69) is 130 Å². The van der Waals surface area contributed by atoms with Crippen LogP contribution in [0.2, 0.25) is 0 Å². The molecular weight excluding hydrogens is 574 g/mol. The normalized spacial score (nSPS) is 17.2. The molecule has 0 N–H and O–H groups in total. The number of fused-ring (bicyclic) bond motifs is 6. The monoisotopic (exact) mass is 610 g/mol. The van der Waals surface area contributed by atoms with Crippen molar-refractivity contribution in [3.05, 3.63) is 195 Å². The molecule has 2 atom stereocenters. The van der Waals surface area contributed by atoms with Crippen molar-refractivity contribution in [2.75, 3.05) is 0 Å². The lowest BCUT2D eigenvalue weighted by Gasteiger charge is -2.33. The second kappa shape index (κ2) is 10.6. The molecule has 228 valence electrons. The average Bonchev–Trinajstić information content (AvgIpc) is 3.49. The van der Waals surface area contributed by atoms with Gasteiger partial charge in [-0.1, -0.05) is 130 Å². The van der Waals surface area contributed by atoms with Gasteiger partial charge >= 0.3 is 5.88 Å². The maximum absolute atomic E-state index is 6.56. The highest BCUT2D eigenvalue weighted by Crippen LogP contribution is 2.53. The zero-order chi connectivity index (χ0) is 31.7. The van der Waals surface area contributed by atoms with Crippen LogP contribution in [-0.4, -0.2) is 0 Å². The van der Waals surface area contributed by atoms with E-state index in [-0.39, 0.29) is 17.3 Å². The molecule has 9 rings (SSSR count). The van der Waals surface area contributed by atoms with Gasteiger partial charge in [0.15, 0.2) is 5.75 Å². The average molecular weight is 611 g/mol. The summed E-state index contributed by atoms with van der Waals surface area (Å²) in [6, 6.07) is 46.0. The molecule has 0 fully saturated rings. The minimum absolute atomic E-state index is 0.0679. The molecule has 2 heterocycles. The van der Waals surface area contributed by atoms with Crippen molar-refractivity contribution in [2.45, 2.75) is 44.4 Å². The summed E-state index contributed by atoms with van der Waals surface area (Å²) in [7, 11) is 0. The van der Waals surface area contributed by atoms with Crippen molar-refractivity contribution < 1.29 is 14.3 Å². The van der Waals surface area contributed by atoms with Gasteiger partial charge in [-0.3, -0.25) is 0 Å². The summed E-state index contributed by atoms with van der Waals surface area (Å²) in [6.45, 7) is 6.92. The Labute approximate surface area is 276 Å². The summed E-state index contributed by atoms with van der Waals surface area (Å²) in [6.07, 6.45) is 5.22. The maximum atomic E-state index is 6.56. The molecule has 1 aromatic heterocycles. The molecule has 3 nitrogen and oxygen atoms in total. The Morgan fingerprint density at radius 3 is 2.21 bits per heavy atom. The van der Waals surface area contributed by atoms with E-state index in [0.29, 0.717) is 5.88 Å². The molecule has 1 aliphatic heterocycles. The Kier molecular flexibility index (Phi) is 6.26. The number of pyridine rings is 1. The quantitative estimate of drug-likeness (QED) is 0.186. The molecule has 0 saturated carbocycles. The first kappa shape index (κ1) is 27.9. The van der Waals surface area contributed by atoms with Gasteiger partial charge in [0.05, 0.1) is 10.8 Å². The van der Waals surface area contributed by atoms with Crippen molar-refractivity contribution in [1.82, 2.24) is 0 Å². The molecule has 47 heavy (non-hydrogen) atoms. The number of aromatic nitrogens is 1. The number of hydrogen-bond donors (Lipinski definition) is 0. The molecular formula is C44H36NO2+. The molecule has 5 aromatic carbocycles. The fourth-order valence-corrected chi connectivity index (χ4v) is 7.75. The second-order valence-electron chi connectivity index (χ2n) is 13.9. The third-order valence-electron chi connectivity index (χ3n) is 10.1. The van der Waals surface area contributed by atoms with Crippen LogP contribution >= 0.6 is 0 Å². The van der Waals surface area contributed by atoms with Gasteiger partial charge in [0, 0.05) is 23.5 Å². The first-order valence-corrected chi connectivity index (χ1v) is 16.6. The van der Waals surface area contributed by atoms with Crippen LogP contribution in [0.1, 0.15) is 88.2 Å². The summed E-state index contributed by atoms with van der Waals surface area (Å²) < 4.78 is 8.07. The SMILES string of the molecule is CC(C)(C)c1ccc2c(c1)C(c1ccccc1)c1ccc3c(c1C2)C(c1cccc2c1O[n+]1ccccc1O2)=CC3c1ccccc1. The summed E-state index contributed by atoms with van der Waals surface area (Å²) in [5.41, 5.74) is 14.6. The van der Waals surface area contributed by atoms with Crippen molar-refractivity contribution in [3.63, 3.8) is 0 Å². The van der Waals surface area contributed by atoms with Crippen LogP contribution in [-0.2, 0) is 11.8 Å². The van der Waals surface area contributed by atoms with E-state index in [0.717, 1.165) is 23.5 Å². The Morgan fingerprint density at radius 1 is 0.681 bits per heavy atom. The van der Waals surface area contributed by atoms with Crippen LogP contribution in [0.15, 0.2) is 140 Å². The van der Waals surface area contributed by atoms with Crippen molar-refractivity contribution in [1.29, 1.82) is 0 Å². The number of benzene rings is 5. The largest absolute Gasteiger partial charge is 0.423 e. The van der Waals surface area contributed by atoms with E-state index in [9.17, 15) is 0 Å². The van der Waals surface area contributed by atoms with Crippen molar-refractivity contribution >= 4 is 5.57 Å². The minimum Gasteiger partial charge on any atom is -0.398 e. The first-order valence-electron chi connectivity index (χ1n) is 16.6. The Hall–Kier alpha value is -5.41. The van der Waals surface area contributed by atoms with Gasteiger partial charge in [0.1, 0.15) is 0 Å². The van der Waals surface area contributed by atoms with Gasteiger partial charge < -0.3 is 4.74 Å². The van der Waals surface area contributed by atoms with Gasteiger partial charge in [0.25, 0.3) is 5.75 Å². The highest BCUT2D eigenvalue weighted by molar-refractivity contribution is 5.92. The topological polar surface area (TPSA) is 22.3 Å². The molecule has 3 heteroatoms. The molecule has 0 saturated heterocycles. The molecule has 0 amide bonds. The lowest BCUT2D eigenvalue weighted by molar-refractivity contribution is -0.879. The molecule has 3 aliphatic rings. The zero-order valence-corrected chi connectivity index (χ0v) is 26.9. The van der Waals surface area contributed by atoms with Crippen LogP contribution in [0.4, 0.5) is 0 Å². The summed E-state index contributed by atoms with van der Waals surface area (Å²) in [5, 5.41) is 0. The molecule has 2 unspecified atom stereocenters. The van der Waals surface area contributed by atoms with Crippen LogP contribution < -0.4 is 14.3 Å². The highest BCUT2D eigenvalue weighted by atomic mass is 16.7. The number of para-hydroxylation sites is 1. The maximum Gasteiger partial charge on any atom is 0.423 e. The van der Waals surface area contributed by atoms with E-state index in [1.165, 1.54) is 55.6 Å². The predicted octanol–water partition coefficient (Wildman–Crippen LogP) is 9.88. The van der Waals surface area contributed by atoms with E-state index < -0.39 is 0 Å². The fraction of sp³-hybridized carbons (Fsp3) is 0.159. The summed E-state index contributed by atoms with van der Waals surface area (Å²) in [5.74, 6) is 2.41. The Balaban J connectivity index is 1.28. The molecule has 0 spiro atoms. The van der Waals surface area contributed by atoms with Gasteiger partial charge in [-0.2, -0.15) is 0 Å². The van der Waals surface area contributed by atoms with Crippen LogP contribution in [0.5, 0.6) is 17.4 Å². The summed E-state index contributed by atoms with van der Waals surface area (Å²) in [4.78, 5) is 6.56. The molecule has 0 bridgehead atoms. The van der Waals surface area contributed by atoms with Crippen LogP contribution in [0, 0.1) is 0 Å². The Bertz CT molecular complexity index is 2210. The smallest absolute Gasteiger partial charge is 0.398 e. The zero-order valence-electron chi connectivity index (χ0n) is 26.9. The van der Waals surface area contributed by atoms with E-state index >= 15 is 0 Å². The molecule has 2 aliphatic carbocycles. The van der Waals surface area contributed by atoms with Crippen LogP contribution in [0.25, 0.3) is 5.57 Å². The minimum atomic E-state index is 0.0679. The highest BCUT2D eigenvalue weighted by Gasteiger charge is 2.38. The van der Waals surface area contributed by atoms with Crippen molar-refractivity contribution in [2.24, 2.45) is 0 Å². The second-order valence-corrected chi connectivity index (χ2v) is 13.9. The standard InChI is InChI=1S/C44H36NO2/c1-44(2,3)31-21-20-30-25-37-33(41(36(30)26-31)29-15-8-5-9-16-29)23-22-32-35(28-13-6-4-7-14-28)27-38(42(32)37)34-17-12-18-39-43(34)47-45-24-11-10-19-40(45)46-39/h4-24,26-27,35,41H,25H2,1-3H3/q+1. The van der Waals surface area contributed by atoms with E-state index in [1.54, 1.807) is 4.73 Å². The number of rotatable bonds is 3. The number of ether oxygens (including phenoxy) is 1. The summed E-state index contributed by atoms with van der Waals surface area (Å²) >= 11 is 0. The first-order chi connectivity index (χ1) is 22.9. The Morgan fingerprint density at radius 2 is 1.43 bits per heavy atom. The number of nitrogens with zero attached hydrogens (tertiary/aromatic N) is 1. The van der Waals surface area contributed by atoms with Gasteiger partial charge in [-0.15, -0.1) is 0 Å². The van der Waals surface area contributed by atoms with E-state index in [1.807, 2.05) is 30.5 Å². The third-order valence-corrected chi connectivity index (χ3v) is 10.1. The van der Waals surface area contributed by atoms with Gasteiger partial charge in [-0.05, 0) is 79.6 Å². The van der Waals surface area contributed by atoms with E-state index in [4.69, 9.17) is 9.57 Å². The third kappa shape index (κ3) is 4.52. The molecule has 6 aromatic rings. The number of hydrogen-bond acceptors (Lipinski definition) is 2.